The summed E-state index contributed by atoms with van der Waals surface area (Å²) in [5.74, 6) is -0.0119. The summed E-state index contributed by atoms with van der Waals surface area (Å²) < 4.78 is 0. The van der Waals surface area contributed by atoms with Crippen molar-refractivity contribution in [2.75, 3.05) is 19.6 Å². The first-order chi connectivity index (χ1) is 7.94. The van der Waals surface area contributed by atoms with Crippen molar-refractivity contribution in [2.24, 2.45) is 5.41 Å². The second-order valence-corrected chi connectivity index (χ2v) is 5.65. The highest BCUT2D eigenvalue weighted by Gasteiger charge is 2.28. The van der Waals surface area contributed by atoms with E-state index in [1.807, 2.05) is 0 Å². The number of hydrogen-bond donors (Lipinski definition) is 1. The summed E-state index contributed by atoms with van der Waals surface area (Å²) in [5.41, 5.74) is 0.0997. The third-order valence-electron chi connectivity index (χ3n) is 3.20. The Morgan fingerprint density at radius 1 is 1.29 bits per heavy atom. The molecule has 0 aliphatic carbocycles. The molecule has 1 heterocycles. The molecule has 1 fully saturated rings. The minimum atomic E-state index is -0.0473. The minimum Gasteiger partial charge on any atom is -0.345 e. The first kappa shape index (κ1) is 14.0. The third-order valence-corrected chi connectivity index (χ3v) is 3.20. The molecule has 0 aromatic rings. The standard InChI is InChI=1S/C13H24N2O2/c1-4-5-6-7-13(2,3)10-15-9-11(16)14-8-12(15)17/h4-10H2,1-3H3,(H,14,16). The number of carbonyl (C=O) groups is 2. The fourth-order valence-electron chi connectivity index (χ4n) is 2.20. The molecule has 17 heavy (non-hydrogen) atoms. The summed E-state index contributed by atoms with van der Waals surface area (Å²) >= 11 is 0. The van der Waals surface area contributed by atoms with Crippen LogP contribution in [0.5, 0.6) is 0 Å². The summed E-state index contributed by atoms with van der Waals surface area (Å²) in [6.45, 7) is 7.58. The lowest BCUT2D eigenvalue weighted by molar-refractivity contribution is -0.141. The maximum atomic E-state index is 11.7. The maximum Gasteiger partial charge on any atom is 0.242 e. The molecule has 98 valence electrons. The molecule has 1 N–H and O–H groups in total. The topological polar surface area (TPSA) is 49.4 Å². The Labute approximate surface area is 104 Å². The SMILES string of the molecule is CCCCCC(C)(C)CN1CC(=O)NCC1=O. The molecule has 1 rings (SSSR count). The van der Waals surface area contributed by atoms with Gasteiger partial charge in [-0.3, -0.25) is 9.59 Å². The van der Waals surface area contributed by atoms with Gasteiger partial charge in [0.2, 0.25) is 11.8 Å². The summed E-state index contributed by atoms with van der Waals surface area (Å²) in [7, 11) is 0. The quantitative estimate of drug-likeness (QED) is 0.716. The molecule has 4 nitrogen and oxygen atoms in total. The number of nitrogens with zero attached hydrogens (tertiary/aromatic N) is 1. The zero-order valence-electron chi connectivity index (χ0n) is 11.2. The van der Waals surface area contributed by atoms with Crippen LogP contribution in [0, 0.1) is 5.41 Å². The van der Waals surface area contributed by atoms with Gasteiger partial charge in [0.15, 0.2) is 0 Å². The van der Waals surface area contributed by atoms with Gasteiger partial charge < -0.3 is 10.2 Å². The zero-order valence-corrected chi connectivity index (χ0v) is 11.2. The number of carbonyl (C=O) groups excluding carboxylic acids is 2. The van der Waals surface area contributed by atoms with Crippen molar-refractivity contribution in [2.45, 2.75) is 46.5 Å². The summed E-state index contributed by atoms with van der Waals surface area (Å²) in [6.07, 6.45) is 4.74. The predicted molar refractivity (Wildman–Crippen MR) is 67.5 cm³/mol. The average Bonchev–Trinajstić information content (AvgIpc) is 2.23. The summed E-state index contributed by atoms with van der Waals surface area (Å²) in [6, 6.07) is 0. The van der Waals surface area contributed by atoms with E-state index in [1.54, 1.807) is 4.90 Å². The molecule has 1 aliphatic heterocycles. The van der Waals surface area contributed by atoms with Crippen LogP contribution in [-0.4, -0.2) is 36.3 Å². The van der Waals surface area contributed by atoms with Crippen LogP contribution in [0.15, 0.2) is 0 Å². The highest BCUT2D eigenvalue weighted by Crippen LogP contribution is 2.25. The number of rotatable bonds is 6. The lowest BCUT2D eigenvalue weighted by Gasteiger charge is -2.34. The molecule has 0 saturated carbocycles. The Hall–Kier alpha value is -1.06. The zero-order chi connectivity index (χ0) is 12.9. The molecule has 0 aromatic carbocycles. The van der Waals surface area contributed by atoms with Crippen molar-refractivity contribution in [1.29, 1.82) is 0 Å². The molecule has 0 bridgehead atoms. The van der Waals surface area contributed by atoms with Crippen molar-refractivity contribution in [1.82, 2.24) is 10.2 Å². The minimum absolute atomic E-state index is 0.0353. The summed E-state index contributed by atoms with van der Waals surface area (Å²) in [5, 5.41) is 2.57. The van der Waals surface area contributed by atoms with E-state index >= 15 is 0 Å². The van der Waals surface area contributed by atoms with Crippen molar-refractivity contribution in [3.8, 4) is 0 Å². The highest BCUT2D eigenvalue weighted by atomic mass is 16.2. The molecule has 1 saturated heterocycles. The van der Waals surface area contributed by atoms with Crippen LogP contribution in [0.4, 0.5) is 0 Å². The van der Waals surface area contributed by atoms with Crippen molar-refractivity contribution in [3.63, 3.8) is 0 Å². The lowest BCUT2D eigenvalue weighted by Crippen LogP contribution is -2.53. The van der Waals surface area contributed by atoms with Gasteiger partial charge in [0.05, 0.1) is 13.1 Å². The Bertz CT molecular complexity index is 287. The van der Waals surface area contributed by atoms with E-state index in [0.29, 0.717) is 6.54 Å². The van der Waals surface area contributed by atoms with Gasteiger partial charge in [-0.05, 0) is 11.8 Å². The van der Waals surface area contributed by atoms with E-state index in [1.165, 1.54) is 19.3 Å². The number of nitrogens with one attached hydrogen (secondary N) is 1. The van der Waals surface area contributed by atoms with Crippen LogP contribution in [0.25, 0.3) is 0 Å². The number of unbranched alkanes of at least 4 members (excludes halogenated alkanes) is 2. The number of hydrogen-bond acceptors (Lipinski definition) is 2. The average molecular weight is 240 g/mol. The molecule has 0 unspecified atom stereocenters. The highest BCUT2D eigenvalue weighted by molar-refractivity contribution is 5.92. The van der Waals surface area contributed by atoms with Crippen molar-refractivity contribution in [3.05, 3.63) is 0 Å². The van der Waals surface area contributed by atoms with Crippen LogP contribution >= 0.6 is 0 Å². The Morgan fingerprint density at radius 2 is 2.00 bits per heavy atom. The fraction of sp³-hybridized carbons (Fsp3) is 0.846. The van der Waals surface area contributed by atoms with Crippen molar-refractivity contribution < 1.29 is 9.59 Å². The van der Waals surface area contributed by atoms with Gasteiger partial charge in [0, 0.05) is 6.54 Å². The first-order valence-electron chi connectivity index (χ1n) is 6.49. The van der Waals surface area contributed by atoms with E-state index in [2.05, 4.69) is 26.1 Å². The lowest BCUT2D eigenvalue weighted by atomic mass is 9.86. The van der Waals surface area contributed by atoms with Gasteiger partial charge in [-0.1, -0.05) is 40.0 Å². The Kier molecular flexibility index (Phi) is 4.97. The van der Waals surface area contributed by atoms with Crippen LogP contribution in [-0.2, 0) is 9.59 Å². The molecule has 4 heteroatoms. The van der Waals surface area contributed by atoms with Gasteiger partial charge in [0.1, 0.15) is 0 Å². The predicted octanol–water partition coefficient (Wildman–Crippen LogP) is 1.55. The van der Waals surface area contributed by atoms with E-state index in [-0.39, 0.29) is 30.3 Å². The van der Waals surface area contributed by atoms with Crippen LogP contribution in [0.1, 0.15) is 46.5 Å². The van der Waals surface area contributed by atoms with E-state index in [0.717, 1.165) is 6.42 Å². The maximum absolute atomic E-state index is 11.7. The number of amides is 2. The monoisotopic (exact) mass is 240 g/mol. The second kappa shape index (κ2) is 6.03. The Balaban J connectivity index is 2.44. The molecule has 0 aromatic heterocycles. The molecular weight excluding hydrogens is 216 g/mol. The first-order valence-corrected chi connectivity index (χ1v) is 6.49. The largest absolute Gasteiger partial charge is 0.345 e. The molecule has 1 aliphatic rings. The fourth-order valence-corrected chi connectivity index (χ4v) is 2.20. The van der Waals surface area contributed by atoms with Crippen LogP contribution < -0.4 is 5.32 Å². The van der Waals surface area contributed by atoms with Crippen LogP contribution in [0.3, 0.4) is 0 Å². The van der Waals surface area contributed by atoms with Gasteiger partial charge in [-0.25, -0.2) is 0 Å². The third kappa shape index (κ3) is 4.75. The smallest absolute Gasteiger partial charge is 0.242 e. The van der Waals surface area contributed by atoms with Crippen LogP contribution in [0.2, 0.25) is 0 Å². The van der Waals surface area contributed by atoms with Gasteiger partial charge >= 0.3 is 0 Å². The molecular formula is C13H24N2O2. The van der Waals surface area contributed by atoms with E-state index in [4.69, 9.17) is 0 Å². The van der Waals surface area contributed by atoms with Gasteiger partial charge in [0.25, 0.3) is 0 Å². The molecule has 0 radical (unpaired) electrons. The Morgan fingerprint density at radius 3 is 2.65 bits per heavy atom. The van der Waals surface area contributed by atoms with Gasteiger partial charge in [-0.2, -0.15) is 0 Å². The molecule has 0 spiro atoms. The number of piperazine rings is 1. The molecule has 0 atom stereocenters. The van der Waals surface area contributed by atoms with Crippen molar-refractivity contribution >= 4 is 11.8 Å². The van der Waals surface area contributed by atoms with Gasteiger partial charge in [-0.15, -0.1) is 0 Å². The second-order valence-electron chi connectivity index (χ2n) is 5.65. The normalized spacial score (nSPS) is 17.2. The molecule has 2 amide bonds. The van der Waals surface area contributed by atoms with E-state index in [9.17, 15) is 9.59 Å². The summed E-state index contributed by atoms with van der Waals surface area (Å²) in [4.78, 5) is 24.6. The van der Waals surface area contributed by atoms with E-state index < -0.39 is 0 Å².